The predicted molar refractivity (Wildman–Crippen MR) is 74.9 cm³/mol. The monoisotopic (exact) mass is 275 g/mol. The molecular formula is C14H17NO3Si. The second-order valence-corrected chi connectivity index (χ2v) is 5.99. The van der Waals surface area contributed by atoms with Gasteiger partial charge in [-0.05, 0) is 17.5 Å². The van der Waals surface area contributed by atoms with Gasteiger partial charge in [-0.1, -0.05) is 60.7 Å². The Morgan fingerprint density at radius 2 is 1.37 bits per heavy atom. The minimum atomic E-state index is -4.31. The Morgan fingerprint density at radius 3 is 1.89 bits per heavy atom. The average molecular weight is 275 g/mol. The molecule has 100 valence electrons. The van der Waals surface area contributed by atoms with Crippen LogP contribution in [-0.4, -0.2) is 23.4 Å². The first-order chi connectivity index (χ1) is 9.04. The summed E-state index contributed by atoms with van der Waals surface area (Å²) in [5.74, 6) is 0. The Balaban J connectivity index is 2.20. The Bertz CT molecular complexity index is 499. The standard InChI is InChI=1S/C14H17NO3Si/c16-19(17,18)15-14(13-9-5-2-6-10-13)11-12-7-3-1-4-8-12/h1-10,14-18H,11H2. The van der Waals surface area contributed by atoms with Crippen molar-refractivity contribution in [3.05, 3.63) is 71.8 Å². The minimum Gasteiger partial charge on any atom is -0.377 e. The molecule has 2 aromatic carbocycles. The molecule has 0 aliphatic heterocycles. The number of hydrogen-bond acceptors (Lipinski definition) is 4. The zero-order valence-electron chi connectivity index (χ0n) is 10.4. The summed E-state index contributed by atoms with van der Waals surface area (Å²) in [4.78, 5) is 30.3. The number of nitrogens with one attached hydrogen (secondary N) is 1. The molecule has 4 nitrogen and oxygen atoms in total. The first-order valence-corrected chi connectivity index (χ1v) is 7.92. The van der Waals surface area contributed by atoms with Crippen molar-refractivity contribution < 1.29 is 14.4 Å². The maximum Gasteiger partial charge on any atom is 0.589 e. The van der Waals surface area contributed by atoms with E-state index < -0.39 is 8.97 Å². The molecule has 19 heavy (non-hydrogen) atoms. The fourth-order valence-electron chi connectivity index (χ4n) is 2.02. The lowest BCUT2D eigenvalue weighted by molar-refractivity contribution is 0.201. The quantitative estimate of drug-likeness (QED) is 0.614. The third-order valence-corrected chi connectivity index (χ3v) is 3.59. The maximum absolute atomic E-state index is 9.27. The zero-order valence-corrected chi connectivity index (χ0v) is 11.4. The molecule has 0 aliphatic carbocycles. The predicted octanol–water partition coefficient (Wildman–Crippen LogP) is 0.972. The first kappa shape index (κ1) is 13.9. The summed E-state index contributed by atoms with van der Waals surface area (Å²) in [5, 5.41) is 0. The van der Waals surface area contributed by atoms with Crippen molar-refractivity contribution in [2.24, 2.45) is 0 Å². The van der Waals surface area contributed by atoms with Crippen LogP contribution in [0.3, 0.4) is 0 Å². The van der Waals surface area contributed by atoms with E-state index in [1.807, 2.05) is 60.7 Å². The summed E-state index contributed by atoms with van der Waals surface area (Å²) < 4.78 is 0. The molecule has 0 aromatic heterocycles. The van der Waals surface area contributed by atoms with Crippen molar-refractivity contribution in [3.63, 3.8) is 0 Å². The lowest BCUT2D eigenvalue weighted by Crippen LogP contribution is -2.53. The van der Waals surface area contributed by atoms with E-state index >= 15 is 0 Å². The Morgan fingerprint density at radius 1 is 0.842 bits per heavy atom. The zero-order chi connectivity index (χ0) is 13.7. The molecule has 4 N–H and O–H groups in total. The van der Waals surface area contributed by atoms with Gasteiger partial charge in [-0.3, -0.25) is 4.98 Å². The van der Waals surface area contributed by atoms with Crippen LogP contribution in [0.25, 0.3) is 0 Å². The molecule has 0 heterocycles. The van der Waals surface area contributed by atoms with Gasteiger partial charge in [0.15, 0.2) is 0 Å². The highest BCUT2D eigenvalue weighted by molar-refractivity contribution is 6.53. The normalized spacial score (nSPS) is 13.2. The van der Waals surface area contributed by atoms with Crippen molar-refractivity contribution in [3.8, 4) is 0 Å². The van der Waals surface area contributed by atoms with Crippen LogP contribution < -0.4 is 4.98 Å². The highest BCUT2D eigenvalue weighted by atomic mass is 28.4. The van der Waals surface area contributed by atoms with Gasteiger partial charge < -0.3 is 14.4 Å². The average Bonchev–Trinajstić information content (AvgIpc) is 2.39. The molecule has 1 unspecified atom stereocenters. The molecule has 0 fully saturated rings. The molecule has 0 spiro atoms. The summed E-state index contributed by atoms with van der Waals surface area (Å²) in [6.45, 7) is 0. The van der Waals surface area contributed by atoms with E-state index in [4.69, 9.17) is 0 Å². The van der Waals surface area contributed by atoms with E-state index in [1.54, 1.807) is 0 Å². The second kappa shape index (κ2) is 6.09. The third-order valence-electron chi connectivity index (χ3n) is 2.85. The number of rotatable bonds is 5. The second-order valence-electron chi connectivity index (χ2n) is 4.43. The molecular weight excluding hydrogens is 258 g/mol. The molecule has 0 aliphatic rings. The smallest absolute Gasteiger partial charge is 0.377 e. The highest BCUT2D eigenvalue weighted by Crippen LogP contribution is 2.19. The summed E-state index contributed by atoms with van der Waals surface area (Å²) >= 11 is 0. The van der Waals surface area contributed by atoms with Crippen molar-refractivity contribution in [1.82, 2.24) is 4.98 Å². The van der Waals surface area contributed by atoms with Crippen LogP contribution in [0.2, 0.25) is 0 Å². The van der Waals surface area contributed by atoms with Crippen molar-refractivity contribution in [1.29, 1.82) is 0 Å². The van der Waals surface area contributed by atoms with Gasteiger partial charge in [-0.15, -0.1) is 0 Å². The molecule has 0 saturated heterocycles. The molecule has 2 rings (SSSR count). The van der Waals surface area contributed by atoms with Crippen molar-refractivity contribution in [2.75, 3.05) is 0 Å². The van der Waals surface area contributed by atoms with E-state index in [9.17, 15) is 14.4 Å². The number of benzene rings is 2. The molecule has 1 atom stereocenters. The Hall–Kier alpha value is -1.50. The van der Waals surface area contributed by atoms with Crippen LogP contribution in [0.15, 0.2) is 60.7 Å². The lowest BCUT2D eigenvalue weighted by Gasteiger charge is -2.22. The molecule has 5 heteroatoms. The molecule has 0 amide bonds. The topological polar surface area (TPSA) is 72.7 Å². The maximum atomic E-state index is 9.27. The van der Waals surface area contributed by atoms with E-state index in [0.717, 1.165) is 11.1 Å². The molecule has 0 saturated carbocycles. The van der Waals surface area contributed by atoms with E-state index in [0.29, 0.717) is 6.42 Å². The van der Waals surface area contributed by atoms with Gasteiger partial charge >= 0.3 is 8.97 Å². The van der Waals surface area contributed by atoms with Gasteiger partial charge in [-0.2, -0.15) is 0 Å². The summed E-state index contributed by atoms with van der Waals surface area (Å²) in [5.41, 5.74) is 1.96. The molecule has 0 bridgehead atoms. The van der Waals surface area contributed by atoms with Gasteiger partial charge in [0.05, 0.1) is 0 Å². The van der Waals surface area contributed by atoms with Crippen LogP contribution in [0.5, 0.6) is 0 Å². The van der Waals surface area contributed by atoms with Crippen LogP contribution in [-0.2, 0) is 6.42 Å². The Labute approximate surface area is 113 Å². The highest BCUT2D eigenvalue weighted by Gasteiger charge is 2.32. The summed E-state index contributed by atoms with van der Waals surface area (Å²) in [7, 11) is -4.31. The lowest BCUT2D eigenvalue weighted by atomic mass is 10.00. The van der Waals surface area contributed by atoms with Crippen LogP contribution >= 0.6 is 0 Å². The Kier molecular flexibility index (Phi) is 4.46. The third kappa shape index (κ3) is 4.59. The van der Waals surface area contributed by atoms with E-state index in [2.05, 4.69) is 4.98 Å². The van der Waals surface area contributed by atoms with Gasteiger partial charge in [0.2, 0.25) is 0 Å². The van der Waals surface area contributed by atoms with Crippen molar-refractivity contribution >= 4 is 8.97 Å². The van der Waals surface area contributed by atoms with Gasteiger partial charge in [0.25, 0.3) is 0 Å². The molecule has 0 radical (unpaired) electrons. The fraction of sp³-hybridized carbons (Fsp3) is 0.143. The van der Waals surface area contributed by atoms with Gasteiger partial charge in [-0.25, -0.2) is 0 Å². The van der Waals surface area contributed by atoms with Crippen LogP contribution in [0, 0.1) is 0 Å². The van der Waals surface area contributed by atoms with Crippen LogP contribution in [0.1, 0.15) is 17.2 Å². The first-order valence-electron chi connectivity index (χ1n) is 6.08. The molecule has 2 aromatic rings. The largest absolute Gasteiger partial charge is 0.589 e. The van der Waals surface area contributed by atoms with Crippen molar-refractivity contribution in [2.45, 2.75) is 12.5 Å². The summed E-state index contributed by atoms with van der Waals surface area (Å²) in [6, 6.07) is 18.8. The van der Waals surface area contributed by atoms with E-state index in [-0.39, 0.29) is 6.04 Å². The number of hydrogen-bond donors (Lipinski definition) is 4. The fourth-order valence-corrected chi connectivity index (χ4v) is 2.76. The minimum absolute atomic E-state index is 0.338. The van der Waals surface area contributed by atoms with E-state index in [1.165, 1.54) is 0 Å². The van der Waals surface area contributed by atoms with Crippen LogP contribution in [0.4, 0.5) is 0 Å². The van der Waals surface area contributed by atoms with Gasteiger partial charge in [0.1, 0.15) is 0 Å². The van der Waals surface area contributed by atoms with Gasteiger partial charge in [0, 0.05) is 6.04 Å². The summed E-state index contributed by atoms with van der Waals surface area (Å²) in [6.07, 6.45) is 0.571. The SMILES string of the molecule is O[Si](O)(O)NC(Cc1ccccc1)c1ccccc1.